The summed E-state index contributed by atoms with van der Waals surface area (Å²) in [6, 6.07) is 0. The van der Waals surface area contributed by atoms with Gasteiger partial charge in [0.25, 0.3) is 0 Å². The van der Waals surface area contributed by atoms with E-state index in [1.54, 1.807) is 0 Å². The molecule has 0 heterocycles. The van der Waals surface area contributed by atoms with Gasteiger partial charge in [-0.1, -0.05) is 6.58 Å². The van der Waals surface area contributed by atoms with E-state index in [1.165, 1.54) is 6.92 Å². The van der Waals surface area contributed by atoms with Gasteiger partial charge >= 0.3 is 16.4 Å². The maximum atomic E-state index is 10.8. The molecule has 4 N–H and O–H groups in total. The van der Waals surface area contributed by atoms with Gasteiger partial charge in [0.15, 0.2) is 0 Å². The minimum absolute atomic E-state index is 0. The minimum Gasteiger partial charge on any atom is -0.431 e. The van der Waals surface area contributed by atoms with Crippen LogP contribution in [0.3, 0.4) is 0 Å². The Balaban J connectivity index is 0. The lowest BCUT2D eigenvalue weighted by Crippen LogP contribution is -2.21. The molecule has 1 atom stereocenters. The molecule has 0 saturated heterocycles. The fraction of sp³-hybridized carbons (Fsp3) is 0.500. The first-order valence-corrected chi connectivity index (χ1v) is 4.61. The highest BCUT2D eigenvalue weighted by Gasteiger charge is 2.16. The largest absolute Gasteiger partial charge is 0.431 e. The highest BCUT2D eigenvalue weighted by Crippen LogP contribution is 2.02. The average molecular weight is 227 g/mol. The van der Waals surface area contributed by atoms with Gasteiger partial charge in [0.05, 0.1) is 0 Å². The van der Waals surface area contributed by atoms with Gasteiger partial charge in [-0.2, -0.15) is 8.42 Å². The highest BCUT2D eigenvalue weighted by atomic mass is 32.3. The molecule has 0 radical (unpaired) electrons. The van der Waals surface area contributed by atoms with Crippen molar-refractivity contribution in [1.29, 1.82) is 0 Å². The molecule has 84 valence electrons. The third-order valence-corrected chi connectivity index (χ3v) is 1.39. The molecule has 0 spiro atoms. The standard InChI is InChI=1S/C6H10O6S.H3N/c1-4(2)6(7)11-5(3)12-13(8,9)10;/h5H,1H2,2-3H3,(H,8,9,10);1H3. The molecule has 14 heavy (non-hydrogen) atoms. The zero-order valence-electron chi connectivity index (χ0n) is 7.89. The first-order chi connectivity index (χ1) is 5.72. The van der Waals surface area contributed by atoms with Crippen LogP contribution >= 0.6 is 0 Å². The van der Waals surface area contributed by atoms with E-state index in [1.807, 2.05) is 0 Å². The van der Waals surface area contributed by atoms with Crippen LogP contribution in [0, 0.1) is 0 Å². The van der Waals surface area contributed by atoms with Gasteiger partial charge in [-0.15, -0.1) is 0 Å². The van der Waals surface area contributed by atoms with Gasteiger partial charge in [0.2, 0.25) is 6.29 Å². The molecule has 0 rings (SSSR count). The number of carbonyl (C=O) groups excluding carboxylic acids is 1. The molecule has 0 fully saturated rings. The predicted molar refractivity (Wildman–Crippen MR) is 48.0 cm³/mol. The molecule has 0 aliphatic rings. The SMILES string of the molecule is C=C(C)C(=O)OC(C)OS(=O)(=O)O.N. The van der Waals surface area contributed by atoms with Crippen molar-refractivity contribution < 1.29 is 26.7 Å². The number of hydrogen-bond acceptors (Lipinski definition) is 6. The number of esters is 1. The van der Waals surface area contributed by atoms with E-state index in [-0.39, 0.29) is 11.7 Å². The summed E-state index contributed by atoms with van der Waals surface area (Å²) in [6.45, 7) is 5.80. The second-order valence-electron chi connectivity index (χ2n) is 2.28. The van der Waals surface area contributed by atoms with Gasteiger partial charge in [-0.3, -0.25) is 4.55 Å². The minimum atomic E-state index is -4.60. The monoisotopic (exact) mass is 227 g/mol. The van der Waals surface area contributed by atoms with Crippen molar-refractivity contribution in [3.8, 4) is 0 Å². The Bertz CT molecular complexity index is 308. The molecular weight excluding hydrogens is 214 g/mol. The lowest BCUT2D eigenvalue weighted by molar-refractivity contribution is -0.156. The van der Waals surface area contributed by atoms with E-state index in [0.717, 1.165) is 6.92 Å². The summed E-state index contributed by atoms with van der Waals surface area (Å²) in [7, 11) is -4.60. The Kier molecular flexibility index (Phi) is 6.32. The molecule has 0 aliphatic carbocycles. The number of ether oxygens (including phenoxy) is 1. The maximum Gasteiger partial charge on any atom is 0.400 e. The Hall–Kier alpha value is -0.960. The Morgan fingerprint density at radius 2 is 1.93 bits per heavy atom. The summed E-state index contributed by atoms with van der Waals surface area (Å²) in [5.41, 5.74) is 0.103. The van der Waals surface area contributed by atoms with Crippen LogP contribution in [0.15, 0.2) is 12.2 Å². The van der Waals surface area contributed by atoms with Gasteiger partial charge in [0, 0.05) is 5.57 Å². The fourth-order valence-corrected chi connectivity index (χ4v) is 0.824. The summed E-state index contributed by atoms with van der Waals surface area (Å²) < 4.78 is 36.7. The molecule has 0 aromatic heterocycles. The van der Waals surface area contributed by atoms with Crippen LogP contribution in [-0.2, 0) is 24.1 Å². The third kappa shape index (κ3) is 7.68. The quantitative estimate of drug-likeness (QED) is 0.309. The second-order valence-corrected chi connectivity index (χ2v) is 3.33. The van der Waals surface area contributed by atoms with Gasteiger partial charge in [-0.05, 0) is 13.8 Å². The molecule has 0 aromatic carbocycles. The van der Waals surface area contributed by atoms with Crippen molar-refractivity contribution in [2.75, 3.05) is 0 Å². The molecule has 8 heteroatoms. The molecule has 0 amide bonds. The summed E-state index contributed by atoms with van der Waals surface area (Å²) in [5, 5.41) is 0. The molecule has 0 saturated carbocycles. The van der Waals surface area contributed by atoms with Crippen molar-refractivity contribution in [3.05, 3.63) is 12.2 Å². The lowest BCUT2D eigenvalue weighted by Gasteiger charge is -2.10. The second kappa shape index (κ2) is 5.70. The van der Waals surface area contributed by atoms with Crippen molar-refractivity contribution in [2.45, 2.75) is 20.1 Å². The van der Waals surface area contributed by atoms with Crippen LogP contribution in [-0.4, -0.2) is 25.2 Å². The Morgan fingerprint density at radius 3 is 2.21 bits per heavy atom. The molecule has 1 unspecified atom stereocenters. The summed E-state index contributed by atoms with van der Waals surface area (Å²) >= 11 is 0. The number of hydrogen-bond donors (Lipinski definition) is 2. The van der Waals surface area contributed by atoms with E-state index < -0.39 is 22.7 Å². The third-order valence-electron chi connectivity index (χ3n) is 0.879. The molecule has 0 bridgehead atoms. The van der Waals surface area contributed by atoms with Crippen molar-refractivity contribution in [2.24, 2.45) is 0 Å². The normalized spacial score (nSPS) is 12.5. The van der Waals surface area contributed by atoms with Gasteiger partial charge in [0.1, 0.15) is 0 Å². The zero-order valence-corrected chi connectivity index (χ0v) is 8.70. The molecule has 7 nitrogen and oxygen atoms in total. The summed E-state index contributed by atoms with van der Waals surface area (Å²) in [6.07, 6.45) is -1.38. The summed E-state index contributed by atoms with van der Waals surface area (Å²) in [5.74, 6) is -0.795. The van der Waals surface area contributed by atoms with Gasteiger partial charge < -0.3 is 10.9 Å². The maximum absolute atomic E-state index is 10.8. The molecule has 0 aliphatic heterocycles. The topological polar surface area (TPSA) is 125 Å². The predicted octanol–water partition coefficient (Wildman–Crippen LogP) is 0.433. The van der Waals surface area contributed by atoms with E-state index in [4.69, 9.17) is 4.55 Å². The Morgan fingerprint density at radius 1 is 1.50 bits per heavy atom. The van der Waals surface area contributed by atoms with Crippen LogP contribution in [0.25, 0.3) is 0 Å². The van der Waals surface area contributed by atoms with E-state index in [9.17, 15) is 13.2 Å². The Labute approximate surface area is 82.2 Å². The van der Waals surface area contributed by atoms with Crippen LogP contribution < -0.4 is 6.15 Å². The van der Waals surface area contributed by atoms with E-state index in [2.05, 4.69) is 15.5 Å². The number of carbonyl (C=O) groups is 1. The first-order valence-electron chi connectivity index (χ1n) is 3.24. The van der Waals surface area contributed by atoms with E-state index in [0.29, 0.717) is 0 Å². The van der Waals surface area contributed by atoms with Crippen LogP contribution in [0.1, 0.15) is 13.8 Å². The molecular formula is C6H13NO6S. The fourth-order valence-electron chi connectivity index (χ4n) is 0.442. The van der Waals surface area contributed by atoms with Crippen molar-refractivity contribution in [1.82, 2.24) is 6.15 Å². The van der Waals surface area contributed by atoms with Crippen molar-refractivity contribution >= 4 is 16.4 Å². The summed E-state index contributed by atoms with van der Waals surface area (Å²) in [4.78, 5) is 10.8. The van der Waals surface area contributed by atoms with Crippen LogP contribution in [0.2, 0.25) is 0 Å². The average Bonchev–Trinajstić information content (AvgIpc) is 1.81. The van der Waals surface area contributed by atoms with Crippen LogP contribution in [0.5, 0.6) is 0 Å². The van der Waals surface area contributed by atoms with Gasteiger partial charge in [-0.25, -0.2) is 8.98 Å². The lowest BCUT2D eigenvalue weighted by atomic mass is 10.4. The first kappa shape index (κ1) is 15.5. The zero-order chi connectivity index (χ0) is 10.6. The van der Waals surface area contributed by atoms with E-state index >= 15 is 0 Å². The van der Waals surface area contributed by atoms with Crippen LogP contribution in [0.4, 0.5) is 0 Å². The smallest absolute Gasteiger partial charge is 0.400 e. The van der Waals surface area contributed by atoms with Crippen molar-refractivity contribution in [3.63, 3.8) is 0 Å². The molecule has 0 aromatic rings. The highest BCUT2D eigenvalue weighted by molar-refractivity contribution is 7.80. The number of rotatable bonds is 4.